The predicted molar refractivity (Wildman–Crippen MR) is 68.9 cm³/mol. The SMILES string of the molecule is CCNC(COC(C)C)c1ccc(Cl)c(F)c1. The van der Waals surface area contributed by atoms with E-state index in [2.05, 4.69) is 5.32 Å². The molecular weight excluding hydrogens is 241 g/mol. The van der Waals surface area contributed by atoms with Gasteiger partial charge in [0.05, 0.1) is 23.8 Å². The van der Waals surface area contributed by atoms with Gasteiger partial charge < -0.3 is 10.1 Å². The van der Waals surface area contributed by atoms with Crippen LogP contribution in [0.2, 0.25) is 5.02 Å². The third kappa shape index (κ3) is 4.62. The minimum Gasteiger partial charge on any atom is -0.377 e. The van der Waals surface area contributed by atoms with Crippen molar-refractivity contribution in [3.8, 4) is 0 Å². The molecule has 0 spiro atoms. The first kappa shape index (κ1) is 14.4. The van der Waals surface area contributed by atoms with Crippen LogP contribution in [0, 0.1) is 5.82 Å². The van der Waals surface area contributed by atoms with Crippen molar-refractivity contribution in [2.75, 3.05) is 13.2 Å². The van der Waals surface area contributed by atoms with Gasteiger partial charge in [0.15, 0.2) is 0 Å². The molecule has 0 aromatic heterocycles. The van der Waals surface area contributed by atoms with Crippen molar-refractivity contribution in [3.63, 3.8) is 0 Å². The Morgan fingerprint density at radius 1 is 1.41 bits per heavy atom. The molecule has 0 radical (unpaired) electrons. The lowest BCUT2D eigenvalue weighted by Crippen LogP contribution is -2.26. The Labute approximate surface area is 107 Å². The molecule has 1 rings (SSSR count). The zero-order valence-corrected chi connectivity index (χ0v) is 11.2. The van der Waals surface area contributed by atoms with Crippen LogP contribution in [0.15, 0.2) is 18.2 Å². The van der Waals surface area contributed by atoms with Crippen molar-refractivity contribution >= 4 is 11.6 Å². The number of rotatable bonds is 6. The molecule has 1 N–H and O–H groups in total. The Balaban J connectivity index is 2.77. The molecule has 1 aromatic rings. The Morgan fingerprint density at radius 3 is 2.65 bits per heavy atom. The summed E-state index contributed by atoms with van der Waals surface area (Å²) in [4.78, 5) is 0. The van der Waals surface area contributed by atoms with E-state index in [0.717, 1.165) is 12.1 Å². The van der Waals surface area contributed by atoms with E-state index in [4.69, 9.17) is 16.3 Å². The molecule has 1 atom stereocenters. The highest BCUT2D eigenvalue weighted by Crippen LogP contribution is 2.20. The quantitative estimate of drug-likeness (QED) is 0.844. The summed E-state index contributed by atoms with van der Waals surface area (Å²) in [5.41, 5.74) is 0.856. The van der Waals surface area contributed by atoms with Gasteiger partial charge in [-0.15, -0.1) is 0 Å². The van der Waals surface area contributed by atoms with E-state index in [1.54, 1.807) is 6.07 Å². The molecule has 0 aliphatic heterocycles. The number of nitrogens with one attached hydrogen (secondary N) is 1. The van der Waals surface area contributed by atoms with Crippen molar-refractivity contribution in [2.24, 2.45) is 0 Å². The summed E-state index contributed by atoms with van der Waals surface area (Å²) < 4.78 is 18.9. The second kappa shape index (κ2) is 6.94. The smallest absolute Gasteiger partial charge is 0.142 e. The minimum absolute atomic E-state index is 0.00540. The van der Waals surface area contributed by atoms with Crippen LogP contribution in [-0.2, 0) is 4.74 Å². The molecule has 0 saturated heterocycles. The van der Waals surface area contributed by atoms with E-state index < -0.39 is 5.82 Å². The lowest BCUT2D eigenvalue weighted by Gasteiger charge is -2.20. The van der Waals surface area contributed by atoms with Gasteiger partial charge in [0, 0.05) is 0 Å². The number of benzene rings is 1. The molecule has 0 aliphatic carbocycles. The lowest BCUT2D eigenvalue weighted by molar-refractivity contribution is 0.0614. The van der Waals surface area contributed by atoms with Crippen LogP contribution in [0.5, 0.6) is 0 Å². The van der Waals surface area contributed by atoms with Gasteiger partial charge in [-0.25, -0.2) is 4.39 Å². The second-order valence-electron chi connectivity index (χ2n) is 4.17. The zero-order valence-electron chi connectivity index (χ0n) is 10.5. The van der Waals surface area contributed by atoms with Crippen molar-refractivity contribution in [3.05, 3.63) is 34.6 Å². The molecule has 1 aromatic carbocycles. The average molecular weight is 260 g/mol. The van der Waals surface area contributed by atoms with E-state index in [1.807, 2.05) is 26.8 Å². The van der Waals surface area contributed by atoms with Crippen LogP contribution in [-0.4, -0.2) is 19.3 Å². The summed E-state index contributed by atoms with van der Waals surface area (Å²) in [6.07, 6.45) is 0.160. The summed E-state index contributed by atoms with van der Waals surface area (Å²) in [5, 5.41) is 3.41. The first-order chi connectivity index (χ1) is 8.04. The van der Waals surface area contributed by atoms with Crippen LogP contribution in [0.4, 0.5) is 4.39 Å². The molecule has 0 heterocycles. The second-order valence-corrected chi connectivity index (χ2v) is 4.57. The maximum absolute atomic E-state index is 13.4. The fourth-order valence-corrected chi connectivity index (χ4v) is 1.65. The summed E-state index contributed by atoms with van der Waals surface area (Å²) in [5.74, 6) is -0.392. The Hall–Kier alpha value is -0.640. The number of hydrogen-bond acceptors (Lipinski definition) is 2. The summed E-state index contributed by atoms with van der Waals surface area (Å²) in [6, 6.07) is 4.85. The highest BCUT2D eigenvalue weighted by Gasteiger charge is 2.13. The van der Waals surface area contributed by atoms with Gasteiger partial charge in [-0.05, 0) is 38.1 Å². The first-order valence-electron chi connectivity index (χ1n) is 5.84. The van der Waals surface area contributed by atoms with Crippen LogP contribution in [0.3, 0.4) is 0 Å². The Kier molecular flexibility index (Phi) is 5.89. The van der Waals surface area contributed by atoms with Gasteiger partial charge in [0.1, 0.15) is 5.82 Å². The summed E-state index contributed by atoms with van der Waals surface area (Å²) in [7, 11) is 0. The molecular formula is C13H19ClFNO. The van der Waals surface area contributed by atoms with Crippen molar-refractivity contribution in [1.29, 1.82) is 0 Å². The number of likely N-dealkylation sites (N-methyl/N-ethyl adjacent to an activating group) is 1. The van der Waals surface area contributed by atoms with Gasteiger partial charge in [-0.1, -0.05) is 24.6 Å². The molecule has 0 saturated carbocycles. The van der Waals surface area contributed by atoms with E-state index in [-0.39, 0.29) is 17.2 Å². The topological polar surface area (TPSA) is 21.3 Å². The van der Waals surface area contributed by atoms with Crippen molar-refractivity contribution < 1.29 is 9.13 Å². The maximum Gasteiger partial charge on any atom is 0.142 e. The minimum atomic E-state index is -0.392. The Morgan fingerprint density at radius 2 is 2.12 bits per heavy atom. The molecule has 0 bridgehead atoms. The zero-order chi connectivity index (χ0) is 12.8. The van der Waals surface area contributed by atoms with Crippen LogP contribution >= 0.6 is 11.6 Å². The predicted octanol–water partition coefficient (Wildman–Crippen LogP) is 3.55. The van der Waals surface area contributed by atoms with E-state index in [9.17, 15) is 4.39 Å². The molecule has 0 aliphatic rings. The summed E-state index contributed by atoms with van der Waals surface area (Å²) in [6.45, 7) is 7.29. The molecule has 2 nitrogen and oxygen atoms in total. The fraction of sp³-hybridized carbons (Fsp3) is 0.538. The van der Waals surface area contributed by atoms with Crippen LogP contribution in [0.1, 0.15) is 32.4 Å². The molecule has 0 amide bonds. The summed E-state index contributed by atoms with van der Waals surface area (Å²) >= 11 is 5.66. The largest absolute Gasteiger partial charge is 0.377 e. The van der Waals surface area contributed by atoms with E-state index >= 15 is 0 Å². The number of halogens is 2. The first-order valence-corrected chi connectivity index (χ1v) is 6.22. The lowest BCUT2D eigenvalue weighted by atomic mass is 10.1. The van der Waals surface area contributed by atoms with Gasteiger partial charge in [0.25, 0.3) is 0 Å². The molecule has 0 fully saturated rings. The molecule has 96 valence electrons. The van der Waals surface area contributed by atoms with Crippen molar-refractivity contribution in [1.82, 2.24) is 5.32 Å². The van der Waals surface area contributed by atoms with Gasteiger partial charge >= 0.3 is 0 Å². The number of ether oxygens (including phenoxy) is 1. The molecule has 17 heavy (non-hydrogen) atoms. The highest BCUT2D eigenvalue weighted by atomic mass is 35.5. The third-order valence-electron chi connectivity index (χ3n) is 2.39. The van der Waals surface area contributed by atoms with Crippen LogP contribution < -0.4 is 5.32 Å². The average Bonchev–Trinajstić information content (AvgIpc) is 2.28. The molecule has 4 heteroatoms. The van der Waals surface area contributed by atoms with Crippen LogP contribution in [0.25, 0.3) is 0 Å². The third-order valence-corrected chi connectivity index (χ3v) is 2.70. The van der Waals surface area contributed by atoms with Crippen molar-refractivity contribution in [2.45, 2.75) is 32.9 Å². The van der Waals surface area contributed by atoms with E-state index in [0.29, 0.717) is 6.61 Å². The van der Waals surface area contributed by atoms with Gasteiger partial charge in [-0.3, -0.25) is 0 Å². The van der Waals surface area contributed by atoms with Gasteiger partial charge in [-0.2, -0.15) is 0 Å². The molecule has 1 unspecified atom stereocenters. The van der Waals surface area contributed by atoms with E-state index in [1.165, 1.54) is 6.07 Å². The monoisotopic (exact) mass is 259 g/mol. The Bertz CT molecular complexity index is 357. The highest BCUT2D eigenvalue weighted by molar-refractivity contribution is 6.30. The maximum atomic E-state index is 13.4. The fourth-order valence-electron chi connectivity index (χ4n) is 1.54. The van der Waals surface area contributed by atoms with Gasteiger partial charge in [0.2, 0.25) is 0 Å². The number of hydrogen-bond donors (Lipinski definition) is 1. The standard InChI is InChI=1S/C13H19ClFNO/c1-4-16-13(8-17-9(2)3)10-5-6-11(14)12(15)7-10/h5-7,9,13,16H,4,8H2,1-3H3. The normalized spacial score (nSPS) is 13.1.